The number of alkyl carbamates (subject to hydrolysis) is 1. The van der Waals surface area contributed by atoms with Crippen LogP contribution in [-0.4, -0.2) is 54.2 Å². The van der Waals surface area contributed by atoms with Crippen molar-refractivity contribution in [2.45, 2.75) is 66.5 Å². The number of halogens is 3. The highest BCUT2D eigenvalue weighted by atomic mass is 19.4. The molecule has 1 aliphatic heterocycles. The average Bonchev–Trinajstić information content (AvgIpc) is 2.76. The van der Waals surface area contributed by atoms with Gasteiger partial charge in [0, 0.05) is 37.3 Å². The van der Waals surface area contributed by atoms with Crippen molar-refractivity contribution in [2.24, 2.45) is 0 Å². The van der Waals surface area contributed by atoms with Crippen LogP contribution in [0.25, 0.3) is 11.3 Å². The molecule has 0 bridgehead atoms. The van der Waals surface area contributed by atoms with Crippen LogP contribution in [0, 0.1) is 18.9 Å². The van der Waals surface area contributed by atoms with Crippen LogP contribution in [0.3, 0.4) is 0 Å². The maximum absolute atomic E-state index is 12.5. The van der Waals surface area contributed by atoms with E-state index < -0.39 is 18.1 Å². The molecule has 0 radical (unpaired) electrons. The average molecular weight is 522 g/mol. The summed E-state index contributed by atoms with van der Waals surface area (Å²) >= 11 is 0. The van der Waals surface area contributed by atoms with Gasteiger partial charge in [-0.2, -0.15) is 4.98 Å². The molecule has 1 N–H and O–H groups in total. The maximum Gasteiger partial charge on any atom is 0.573 e. The van der Waals surface area contributed by atoms with Crippen LogP contribution >= 0.6 is 0 Å². The zero-order valence-electron chi connectivity index (χ0n) is 22.4. The monoisotopic (exact) mass is 521 g/mol. The Kier molecular flexibility index (Phi) is 9.61. The summed E-state index contributed by atoms with van der Waals surface area (Å²) in [6, 6.07) is 8.30. The summed E-state index contributed by atoms with van der Waals surface area (Å²) in [4.78, 5) is 24.9. The number of amides is 1. The summed E-state index contributed by atoms with van der Waals surface area (Å²) in [5.74, 6) is 3.49. The van der Waals surface area contributed by atoms with Gasteiger partial charge in [-0.1, -0.05) is 19.8 Å². The van der Waals surface area contributed by atoms with Crippen molar-refractivity contribution in [1.82, 2.24) is 15.3 Å². The first-order valence-electron chi connectivity index (χ1n) is 11.9. The van der Waals surface area contributed by atoms with Crippen LogP contribution in [0.2, 0.25) is 0 Å². The standard InChI is InChI=1S/C24H28F3N5O3.C2H6/c1-7-12-31(6)20-15(2)19(16-8-10-18(11-9-16)34-24(25,26)27)29-21(30-20)32-13-17(14-32)28-22(33)35-23(3,4)5;1-2/h8-11,17H,13-14H2,1-6H3,(H,28,33);1-2H3. The molecule has 0 atom stereocenters. The molecule has 1 amide bonds. The molecule has 2 aromatic rings. The third-order valence-electron chi connectivity index (χ3n) is 4.95. The molecule has 37 heavy (non-hydrogen) atoms. The molecule has 8 nitrogen and oxygen atoms in total. The zero-order valence-corrected chi connectivity index (χ0v) is 22.4. The van der Waals surface area contributed by atoms with Gasteiger partial charge in [-0.15, -0.1) is 13.2 Å². The summed E-state index contributed by atoms with van der Waals surface area (Å²) < 4.78 is 46.8. The highest BCUT2D eigenvalue weighted by Crippen LogP contribution is 2.33. The van der Waals surface area contributed by atoms with Crippen LogP contribution in [0.15, 0.2) is 24.3 Å². The minimum Gasteiger partial charge on any atom is -0.444 e. The first-order valence-corrected chi connectivity index (χ1v) is 11.9. The lowest BCUT2D eigenvalue weighted by Crippen LogP contribution is -2.60. The molecule has 3 rings (SSSR count). The van der Waals surface area contributed by atoms with Gasteiger partial charge in [0.1, 0.15) is 17.2 Å². The molecule has 0 unspecified atom stereocenters. The Hall–Kier alpha value is -3.68. The molecule has 0 spiro atoms. The predicted octanol–water partition coefficient (Wildman–Crippen LogP) is 5.51. The van der Waals surface area contributed by atoms with E-state index in [9.17, 15) is 18.0 Å². The van der Waals surface area contributed by atoms with Crippen molar-refractivity contribution >= 4 is 17.9 Å². The Bertz CT molecular complexity index is 1130. The van der Waals surface area contributed by atoms with E-state index in [-0.39, 0.29) is 11.8 Å². The summed E-state index contributed by atoms with van der Waals surface area (Å²) in [7, 11) is 1.77. The molecule has 202 valence electrons. The van der Waals surface area contributed by atoms with Gasteiger partial charge >= 0.3 is 12.5 Å². The highest BCUT2D eigenvalue weighted by Gasteiger charge is 2.33. The Balaban J connectivity index is 0.00000235. The SMILES string of the molecule is CC.CC#CN(C)c1nc(N2CC(NC(=O)OC(C)(C)C)C2)nc(-c2ccc(OC(F)(F)F)cc2)c1C. The van der Waals surface area contributed by atoms with E-state index in [4.69, 9.17) is 4.74 Å². The summed E-state index contributed by atoms with van der Waals surface area (Å²) in [6.07, 6.45) is -5.26. The molecule has 0 saturated carbocycles. The lowest BCUT2D eigenvalue weighted by molar-refractivity contribution is -0.274. The minimum atomic E-state index is -4.77. The van der Waals surface area contributed by atoms with E-state index >= 15 is 0 Å². The van der Waals surface area contributed by atoms with E-state index in [0.717, 1.165) is 0 Å². The summed E-state index contributed by atoms with van der Waals surface area (Å²) in [5, 5.41) is 2.82. The number of hydrogen-bond acceptors (Lipinski definition) is 7. The lowest BCUT2D eigenvalue weighted by atomic mass is 10.1. The second-order valence-corrected chi connectivity index (χ2v) is 9.06. The molecule has 1 aromatic carbocycles. The Morgan fingerprint density at radius 1 is 1.14 bits per heavy atom. The number of ether oxygens (including phenoxy) is 2. The van der Waals surface area contributed by atoms with Gasteiger partial charge < -0.3 is 19.7 Å². The fraction of sp³-hybridized carbons (Fsp3) is 0.500. The number of aromatic nitrogens is 2. The van der Waals surface area contributed by atoms with Crippen molar-refractivity contribution in [3.63, 3.8) is 0 Å². The molecule has 1 saturated heterocycles. The number of nitrogens with one attached hydrogen (secondary N) is 1. The third-order valence-corrected chi connectivity index (χ3v) is 4.95. The molecular weight excluding hydrogens is 487 g/mol. The fourth-order valence-corrected chi connectivity index (χ4v) is 3.48. The molecule has 1 fully saturated rings. The number of carbonyl (C=O) groups excluding carboxylic acids is 1. The summed E-state index contributed by atoms with van der Waals surface area (Å²) in [6.45, 7) is 13.9. The molecule has 1 aromatic heterocycles. The van der Waals surface area contributed by atoms with E-state index in [0.29, 0.717) is 41.7 Å². The van der Waals surface area contributed by atoms with Crippen molar-refractivity contribution in [2.75, 3.05) is 29.9 Å². The van der Waals surface area contributed by atoms with Gasteiger partial charge in [-0.25, -0.2) is 9.78 Å². The van der Waals surface area contributed by atoms with E-state index in [2.05, 4.69) is 32.0 Å². The van der Waals surface area contributed by atoms with E-state index in [1.807, 2.05) is 25.7 Å². The Morgan fingerprint density at radius 3 is 2.24 bits per heavy atom. The maximum atomic E-state index is 12.5. The number of anilines is 2. The Labute approximate surface area is 216 Å². The van der Waals surface area contributed by atoms with Gasteiger partial charge in [-0.3, -0.25) is 4.90 Å². The second-order valence-electron chi connectivity index (χ2n) is 9.06. The fourth-order valence-electron chi connectivity index (χ4n) is 3.48. The zero-order chi connectivity index (χ0) is 28.0. The van der Waals surface area contributed by atoms with E-state index in [1.165, 1.54) is 24.3 Å². The third kappa shape index (κ3) is 8.44. The van der Waals surface area contributed by atoms with Crippen LogP contribution in [0.1, 0.15) is 47.1 Å². The molecule has 2 heterocycles. The molecule has 11 heteroatoms. The topological polar surface area (TPSA) is 79.8 Å². The molecule has 1 aliphatic rings. The minimum absolute atomic E-state index is 0.131. The molecular formula is C26H34F3N5O3. The second kappa shape index (κ2) is 12.0. The van der Waals surface area contributed by atoms with Crippen LogP contribution in [-0.2, 0) is 4.74 Å². The predicted molar refractivity (Wildman–Crippen MR) is 137 cm³/mol. The number of benzene rings is 1. The van der Waals surface area contributed by atoms with Gasteiger partial charge in [0.15, 0.2) is 0 Å². The number of hydrogen-bond donors (Lipinski definition) is 1. The summed E-state index contributed by atoms with van der Waals surface area (Å²) in [5.41, 5.74) is 1.27. The largest absolute Gasteiger partial charge is 0.573 e. The van der Waals surface area contributed by atoms with Gasteiger partial charge in [0.05, 0.1) is 11.7 Å². The normalized spacial score (nSPS) is 13.3. The quantitative estimate of drug-likeness (QED) is 0.411. The van der Waals surface area contributed by atoms with Crippen molar-refractivity contribution in [3.05, 3.63) is 29.8 Å². The van der Waals surface area contributed by atoms with Gasteiger partial charge in [0.25, 0.3) is 0 Å². The number of rotatable bonds is 5. The Morgan fingerprint density at radius 2 is 1.73 bits per heavy atom. The van der Waals surface area contributed by atoms with Crippen LogP contribution < -0.4 is 19.9 Å². The lowest BCUT2D eigenvalue weighted by Gasteiger charge is -2.40. The first-order chi connectivity index (χ1) is 17.3. The van der Waals surface area contributed by atoms with Gasteiger partial charge in [-0.05, 0) is 58.9 Å². The highest BCUT2D eigenvalue weighted by molar-refractivity contribution is 5.72. The van der Waals surface area contributed by atoms with Crippen molar-refractivity contribution in [1.29, 1.82) is 0 Å². The van der Waals surface area contributed by atoms with Gasteiger partial charge in [0.2, 0.25) is 5.95 Å². The first kappa shape index (κ1) is 29.5. The number of nitrogens with zero attached hydrogens (tertiary/aromatic N) is 4. The van der Waals surface area contributed by atoms with Crippen LogP contribution in [0.4, 0.5) is 29.7 Å². The van der Waals surface area contributed by atoms with Crippen molar-refractivity contribution in [3.8, 4) is 29.0 Å². The van der Waals surface area contributed by atoms with E-state index in [1.54, 1.807) is 39.6 Å². The molecule has 0 aliphatic carbocycles. The number of alkyl halides is 3. The van der Waals surface area contributed by atoms with Crippen molar-refractivity contribution < 1.29 is 27.4 Å². The number of carbonyl (C=O) groups is 1. The smallest absolute Gasteiger partial charge is 0.444 e. The van der Waals surface area contributed by atoms with Crippen LogP contribution in [0.5, 0.6) is 5.75 Å².